The van der Waals surface area contributed by atoms with Gasteiger partial charge in [0.15, 0.2) is 22.7 Å². The molecule has 0 atom stereocenters. The van der Waals surface area contributed by atoms with Gasteiger partial charge in [0.25, 0.3) is 5.91 Å². The monoisotopic (exact) mass is 343 g/mol. The molecule has 5 nitrogen and oxygen atoms in total. The Morgan fingerprint density at radius 2 is 2.00 bits per heavy atom. The zero-order valence-corrected chi connectivity index (χ0v) is 12.9. The standard InChI is InChI=1S/C16H16F3NO4/c1-23-11-4-2-3-10-9-12(24-13(10)11)14(21)20-7-5-15(22,6-8-20)16(17,18)19/h2-4,9,22H,5-8H2,1H3. The van der Waals surface area contributed by atoms with Gasteiger partial charge in [-0.25, -0.2) is 0 Å². The molecule has 0 unspecified atom stereocenters. The van der Waals surface area contributed by atoms with Gasteiger partial charge in [0, 0.05) is 31.3 Å². The summed E-state index contributed by atoms with van der Waals surface area (Å²) >= 11 is 0. The highest BCUT2D eigenvalue weighted by molar-refractivity contribution is 5.97. The van der Waals surface area contributed by atoms with E-state index in [4.69, 9.17) is 9.15 Å². The minimum Gasteiger partial charge on any atom is -0.493 e. The quantitative estimate of drug-likeness (QED) is 0.911. The van der Waals surface area contributed by atoms with Crippen LogP contribution in [0.15, 0.2) is 28.7 Å². The van der Waals surface area contributed by atoms with E-state index in [0.717, 1.165) is 0 Å². The number of nitrogens with zero attached hydrogens (tertiary/aromatic N) is 1. The second-order valence-electron chi connectivity index (χ2n) is 5.81. The molecular weight excluding hydrogens is 327 g/mol. The number of alkyl halides is 3. The van der Waals surface area contributed by atoms with Gasteiger partial charge in [0.2, 0.25) is 0 Å². The first kappa shape index (κ1) is 16.6. The Balaban J connectivity index is 1.79. The zero-order valence-electron chi connectivity index (χ0n) is 12.9. The Kier molecular flexibility index (Phi) is 3.95. The van der Waals surface area contributed by atoms with Crippen molar-refractivity contribution in [1.82, 2.24) is 4.90 Å². The second-order valence-corrected chi connectivity index (χ2v) is 5.81. The van der Waals surface area contributed by atoms with E-state index in [-0.39, 0.29) is 18.8 Å². The van der Waals surface area contributed by atoms with Crippen molar-refractivity contribution in [3.05, 3.63) is 30.0 Å². The summed E-state index contributed by atoms with van der Waals surface area (Å²) < 4.78 is 49.1. The molecule has 130 valence electrons. The highest BCUT2D eigenvalue weighted by atomic mass is 19.4. The van der Waals surface area contributed by atoms with E-state index in [2.05, 4.69) is 0 Å². The molecule has 0 radical (unpaired) electrons. The van der Waals surface area contributed by atoms with Crippen LogP contribution >= 0.6 is 0 Å². The lowest BCUT2D eigenvalue weighted by Gasteiger charge is -2.38. The van der Waals surface area contributed by atoms with Crippen molar-refractivity contribution in [3.63, 3.8) is 0 Å². The number of likely N-dealkylation sites (tertiary alicyclic amines) is 1. The zero-order chi connectivity index (χ0) is 17.5. The summed E-state index contributed by atoms with van der Waals surface area (Å²) in [5.41, 5.74) is -2.33. The van der Waals surface area contributed by atoms with E-state index in [1.165, 1.54) is 18.1 Å². The van der Waals surface area contributed by atoms with E-state index in [1.54, 1.807) is 18.2 Å². The largest absolute Gasteiger partial charge is 0.493 e. The average Bonchev–Trinajstić information content (AvgIpc) is 2.98. The average molecular weight is 343 g/mol. The summed E-state index contributed by atoms with van der Waals surface area (Å²) in [5, 5.41) is 10.3. The van der Waals surface area contributed by atoms with Crippen LogP contribution in [0.3, 0.4) is 0 Å². The van der Waals surface area contributed by atoms with E-state index in [1.807, 2.05) is 0 Å². The summed E-state index contributed by atoms with van der Waals surface area (Å²) in [5.74, 6) is 0.000988. The van der Waals surface area contributed by atoms with Crippen LogP contribution in [0.25, 0.3) is 11.0 Å². The van der Waals surface area contributed by atoms with Crippen molar-refractivity contribution in [1.29, 1.82) is 0 Å². The molecule has 1 amide bonds. The number of rotatable bonds is 2. The van der Waals surface area contributed by atoms with Crippen LogP contribution in [0.4, 0.5) is 13.2 Å². The predicted octanol–water partition coefficient (Wildman–Crippen LogP) is 2.97. The van der Waals surface area contributed by atoms with Crippen molar-refractivity contribution >= 4 is 16.9 Å². The topological polar surface area (TPSA) is 62.9 Å². The van der Waals surface area contributed by atoms with Gasteiger partial charge < -0.3 is 19.2 Å². The first-order valence-corrected chi connectivity index (χ1v) is 7.40. The van der Waals surface area contributed by atoms with E-state index >= 15 is 0 Å². The number of furan rings is 1. The molecule has 0 aliphatic carbocycles. The van der Waals surface area contributed by atoms with Crippen LogP contribution < -0.4 is 4.74 Å². The predicted molar refractivity (Wildman–Crippen MR) is 78.9 cm³/mol. The first-order chi connectivity index (χ1) is 11.2. The minimum atomic E-state index is -4.70. The number of piperidine rings is 1. The molecule has 1 aromatic carbocycles. The van der Waals surface area contributed by atoms with Gasteiger partial charge in [-0.15, -0.1) is 0 Å². The van der Waals surface area contributed by atoms with Gasteiger partial charge in [-0.2, -0.15) is 13.2 Å². The molecule has 1 aliphatic heterocycles. The maximum atomic E-state index is 12.8. The molecule has 1 N–H and O–H groups in total. The highest BCUT2D eigenvalue weighted by Crippen LogP contribution is 2.38. The Labute approximate surface area is 135 Å². The second kappa shape index (κ2) is 5.70. The van der Waals surface area contributed by atoms with Crippen LogP contribution in [0.5, 0.6) is 5.75 Å². The van der Waals surface area contributed by atoms with Crippen LogP contribution in [0, 0.1) is 0 Å². The molecule has 1 aliphatic rings. The van der Waals surface area contributed by atoms with Crippen LogP contribution in [0.2, 0.25) is 0 Å². The lowest BCUT2D eigenvalue weighted by molar-refractivity contribution is -0.271. The van der Waals surface area contributed by atoms with Gasteiger partial charge in [-0.1, -0.05) is 12.1 Å². The molecule has 8 heteroatoms. The van der Waals surface area contributed by atoms with Crippen molar-refractivity contribution in [2.75, 3.05) is 20.2 Å². The summed E-state index contributed by atoms with van der Waals surface area (Å²) in [6.45, 7) is -0.383. The summed E-state index contributed by atoms with van der Waals surface area (Å²) in [6, 6.07) is 6.71. The van der Waals surface area contributed by atoms with Crippen molar-refractivity contribution in [2.45, 2.75) is 24.6 Å². The van der Waals surface area contributed by atoms with Crippen molar-refractivity contribution in [2.24, 2.45) is 0 Å². The number of benzene rings is 1. The number of hydrogen-bond donors (Lipinski definition) is 1. The molecule has 0 bridgehead atoms. The molecule has 1 saturated heterocycles. The van der Waals surface area contributed by atoms with Gasteiger partial charge >= 0.3 is 6.18 Å². The normalized spacial score (nSPS) is 18.0. The number of aliphatic hydroxyl groups is 1. The number of ether oxygens (including phenoxy) is 1. The molecule has 0 spiro atoms. The van der Waals surface area contributed by atoms with E-state index in [0.29, 0.717) is 16.7 Å². The smallest absolute Gasteiger partial charge is 0.417 e. The van der Waals surface area contributed by atoms with Gasteiger partial charge in [0.05, 0.1) is 7.11 Å². The Bertz CT molecular complexity index is 760. The lowest BCUT2D eigenvalue weighted by atomic mass is 9.90. The van der Waals surface area contributed by atoms with Gasteiger partial charge in [-0.05, 0) is 12.1 Å². The van der Waals surface area contributed by atoms with E-state index in [9.17, 15) is 23.1 Å². The molecule has 1 aromatic heterocycles. The number of para-hydroxylation sites is 1. The number of fused-ring (bicyclic) bond motifs is 1. The fourth-order valence-electron chi connectivity index (χ4n) is 2.82. The molecular formula is C16H16F3NO4. The summed E-state index contributed by atoms with van der Waals surface area (Å²) in [7, 11) is 1.47. The molecule has 3 rings (SSSR count). The Morgan fingerprint density at radius 3 is 2.58 bits per heavy atom. The van der Waals surface area contributed by atoms with Crippen LogP contribution in [0.1, 0.15) is 23.4 Å². The molecule has 1 fully saturated rings. The minimum absolute atomic E-state index is 0.0342. The number of methoxy groups -OCH3 is 1. The van der Waals surface area contributed by atoms with Gasteiger partial charge in [0.1, 0.15) is 0 Å². The number of hydrogen-bond acceptors (Lipinski definition) is 4. The lowest BCUT2D eigenvalue weighted by Crippen LogP contribution is -2.54. The maximum Gasteiger partial charge on any atom is 0.417 e. The third kappa shape index (κ3) is 2.71. The Hall–Kier alpha value is -2.22. The third-order valence-electron chi connectivity index (χ3n) is 4.34. The van der Waals surface area contributed by atoms with Crippen molar-refractivity contribution < 1.29 is 32.2 Å². The fraction of sp³-hybridized carbons (Fsp3) is 0.438. The Morgan fingerprint density at radius 1 is 1.33 bits per heavy atom. The summed E-state index contributed by atoms with van der Waals surface area (Å²) in [4.78, 5) is 13.7. The fourth-order valence-corrected chi connectivity index (χ4v) is 2.82. The third-order valence-corrected chi connectivity index (χ3v) is 4.34. The van der Waals surface area contributed by atoms with E-state index < -0.39 is 30.5 Å². The number of carbonyl (C=O) groups excluding carboxylic acids is 1. The SMILES string of the molecule is COc1cccc2cc(C(=O)N3CCC(O)(C(F)(F)F)CC3)oc12. The molecule has 2 aromatic rings. The number of carbonyl (C=O) groups is 1. The summed E-state index contributed by atoms with van der Waals surface area (Å²) in [6.07, 6.45) is -5.80. The van der Waals surface area contributed by atoms with Crippen LogP contribution in [-0.2, 0) is 0 Å². The highest BCUT2D eigenvalue weighted by Gasteiger charge is 2.55. The number of amides is 1. The molecule has 2 heterocycles. The molecule has 24 heavy (non-hydrogen) atoms. The molecule has 0 saturated carbocycles. The van der Waals surface area contributed by atoms with Gasteiger partial charge in [-0.3, -0.25) is 4.79 Å². The maximum absolute atomic E-state index is 12.8. The van der Waals surface area contributed by atoms with Crippen molar-refractivity contribution in [3.8, 4) is 5.75 Å². The van der Waals surface area contributed by atoms with Crippen LogP contribution in [-0.4, -0.2) is 47.9 Å². The first-order valence-electron chi connectivity index (χ1n) is 7.40. The number of halogens is 3.